The number of ether oxygens (including phenoxy) is 1. The number of nitriles is 1. The Bertz CT molecular complexity index is 1020. The zero-order chi connectivity index (χ0) is 19.4. The van der Waals surface area contributed by atoms with Crippen LogP contribution in [0.25, 0.3) is 11.5 Å². The standard InChI is InChI=1S/C19H15N3O4S/c1-11-15(21-17(25-11)13-6-4-3-5-7-13)19(24)26-12(2)16(23)22-18-14(10-20)8-9-27-18/h3-9,12H,1-2H3,(H,22,23)/t12-/m0/s1. The van der Waals surface area contributed by atoms with Crippen molar-refractivity contribution in [2.75, 3.05) is 5.32 Å². The quantitative estimate of drug-likeness (QED) is 0.675. The summed E-state index contributed by atoms with van der Waals surface area (Å²) in [6.07, 6.45) is -1.07. The molecule has 8 heteroatoms. The molecular weight excluding hydrogens is 366 g/mol. The number of amides is 1. The molecular formula is C19H15N3O4S. The largest absolute Gasteiger partial charge is 0.448 e. The monoisotopic (exact) mass is 381 g/mol. The molecule has 0 radical (unpaired) electrons. The maximum Gasteiger partial charge on any atom is 0.361 e. The maximum absolute atomic E-state index is 12.4. The second kappa shape index (κ2) is 7.85. The van der Waals surface area contributed by atoms with Crippen molar-refractivity contribution in [1.82, 2.24) is 4.98 Å². The summed E-state index contributed by atoms with van der Waals surface area (Å²) in [5.74, 6) is -0.689. The van der Waals surface area contributed by atoms with Crippen LogP contribution in [0.15, 0.2) is 46.2 Å². The first kappa shape index (κ1) is 18.4. The molecule has 1 aromatic carbocycles. The number of aromatic nitrogens is 1. The molecule has 0 spiro atoms. The van der Waals surface area contributed by atoms with Crippen molar-refractivity contribution in [2.45, 2.75) is 20.0 Å². The van der Waals surface area contributed by atoms with Crippen molar-refractivity contribution in [1.29, 1.82) is 5.26 Å². The zero-order valence-corrected chi connectivity index (χ0v) is 15.4. The summed E-state index contributed by atoms with van der Waals surface area (Å²) in [6.45, 7) is 3.05. The SMILES string of the molecule is Cc1oc(-c2ccccc2)nc1C(=O)O[C@@H](C)C(=O)Nc1sccc1C#N. The Balaban J connectivity index is 1.69. The molecule has 7 nitrogen and oxygen atoms in total. The van der Waals surface area contributed by atoms with E-state index in [0.29, 0.717) is 22.2 Å². The average molecular weight is 381 g/mol. The van der Waals surface area contributed by atoms with Gasteiger partial charge in [-0.3, -0.25) is 4.79 Å². The number of thiophene rings is 1. The van der Waals surface area contributed by atoms with E-state index in [4.69, 9.17) is 14.4 Å². The van der Waals surface area contributed by atoms with E-state index in [2.05, 4.69) is 10.3 Å². The van der Waals surface area contributed by atoms with Crippen LogP contribution in [0.5, 0.6) is 0 Å². The molecule has 3 aromatic rings. The molecule has 1 amide bonds. The lowest BCUT2D eigenvalue weighted by molar-refractivity contribution is -0.123. The minimum absolute atomic E-state index is 0.0161. The molecule has 2 heterocycles. The van der Waals surface area contributed by atoms with E-state index in [0.717, 1.165) is 5.56 Å². The van der Waals surface area contributed by atoms with E-state index < -0.39 is 18.0 Å². The van der Waals surface area contributed by atoms with Gasteiger partial charge in [-0.05, 0) is 37.4 Å². The smallest absolute Gasteiger partial charge is 0.361 e. The molecule has 0 aliphatic heterocycles. The number of nitrogens with one attached hydrogen (secondary N) is 1. The number of nitrogens with zero attached hydrogens (tertiary/aromatic N) is 2. The number of anilines is 1. The van der Waals surface area contributed by atoms with E-state index in [1.165, 1.54) is 18.3 Å². The maximum atomic E-state index is 12.4. The van der Waals surface area contributed by atoms with Crippen LogP contribution >= 0.6 is 11.3 Å². The summed E-state index contributed by atoms with van der Waals surface area (Å²) in [4.78, 5) is 28.8. The molecule has 136 valence electrons. The second-order valence-corrected chi connectivity index (χ2v) is 6.52. The highest BCUT2D eigenvalue weighted by molar-refractivity contribution is 7.14. The zero-order valence-electron chi connectivity index (χ0n) is 14.6. The predicted molar refractivity (Wildman–Crippen MR) is 99.2 cm³/mol. The highest BCUT2D eigenvalue weighted by Crippen LogP contribution is 2.24. The fourth-order valence-corrected chi connectivity index (χ4v) is 3.01. The predicted octanol–water partition coefficient (Wildman–Crippen LogP) is 3.77. The first-order valence-electron chi connectivity index (χ1n) is 8.02. The molecule has 0 aliphatic carbocycles. The van der Waals surface area contributed by atoms with Gasteiger partial charge < -0.3 is 14.5 Å². The number of hydrogen-bond acceptors (Lipinski definition) is 7. The Morgan fingerprint density at radius 3 is 2.74 bits per heavy atom. The van der Waals surface area contributed by atoms with Crippen molar-refractivity contribution in [3.8, 4) is 17.5 Å². The molecule has 1 atom stereocenters. The van der Waals surface area contributed by atoms with Crippen molar-refractivity contribution in [3.63, 3.8) is 0 Å². The van der Waals surface area contributed by atoms with Gasteiger partial charge in [0.25, 0.3) is 5.91 Å². The summed E-state index contributed by atoms with van der Waals surface area (Å²) >= 11 is 1.22. The Kier molecular flexibility index (Phi) is 5.33. The van der Waals surface area contributed by atoms with Crippen molar-refractivity contribution in [2.24, 2.45) is 0 Å². The van der Waals surface area contributed by atoms with Crippen molar-refractivity contribution < 1.29 is 18.7 Å². The van der Waals surface area contributed by atoms with E-state index in [1.807, 2.05) is 36.4 Å². The fourth-order valence-electron chi connectivity index (χ4n) is 2.27. The number of oxazole rings is 1. The minimum Gasteiger partial charge on any atom is -0.448 e. The molecule has 0 unspecified atom stereocenters. The van der Waals surface area contributed by atoms with Crippen LogP contribution < -0.4 is 5.32 Å². The van der Waals surface area contributed by atoms with Crippen LogP contribution in [0.1, 0.15) is 28.7 Å². The van der Waals surface area contributed by atoms with Crippen LogP contribution in [0, 0.1) is 18.3 Å². The van der Waals surface area contributed by atoms with Gasteiger partial charge in [0.1, 0.15) is 16.8 Å². The third-order valence-electron chi connectivity index (χ3n) is 3.69. The Hall–Kier alpha value is -3.44. The third-order valence-corrected chi connectivity index (χ3v) is 4.52. The number of aryl methyl sites for hydroxylation is 1. The summed E-state index contributed by atoms with van der Waals surface area (Å²) in [7, 11) is 0. The summed E-state index contributed by atoms with van der Waals surface area (Å²) < 4.78 is 10.7. The van der Waals surface area contributed by atoms with Gasteiger partial charge >= 0.3 is 5.97 Å². The number of benzene rings is 1. The Morgan fingerprint density at radius 1 is 1.30 bits per heavy atom. The number of esters is 1. The molecule has 0 saturated carbocycles. The first-order chi connectivity index (χ1) is 13.0. The highest BCUT2D eigenvalue weighted by atomic mass is 32.1. The molecule has 0 aliphatic rings. The van der Waals surface area contributed by atoms with Gasteiger partial charge in [-0.2, -0.15) is 5.26 Å². The molecule has 3 rings (SSSR count). The van der Waals surface area contributed by atoms with E-state index in [1.54, 1.807) is 18.4 Å². The molecule has 1 N–H and O–H groups in total. The summed E-state index contributed by atoms with van der Waals surface area (Å²) in [5, 5.41) is 13.7. The summed E-state index contributed by atoms with van der Waals surface area (Å²) in [6, 6.07) is 12.7. The topological polar surface area (TPSA) is 105 Å². The second-order valence-electron chi connectivity index (χ2n) is 5.60. The van der Waals surface area contributed by atoms with Gasteiger partial charge in [0, 0.05) is 5.56 Å². The lowest BCUT2D eigenvalue weighted by Crippen LogP contribution is -2.30. The van der Waals surface area contributed by atoms with E-state index in [9.17, 15) is 9.59 Å². The van der Waals surface area contributed by atoms with Gasteiger partial charge in [-0.1, -0.05) is 18.2 Å². The lowest BCUT2D eigenvalue weighted by Gasteiger charge is -2.12. The summed E-state index contributed by atoms with van der Waals surface area (Å²) in [5.41, 5.74) is 1.10. The average Bonchev–Trinajstić information content (AvgIpc) is 3.28. The third kappa shape index (κ3) is 4.04. The van der Waals surface area contributed by atoms with Crippen LogP contribution in [0.2, 0.25) is 0 Å². The van der Waals surface area contributed by atoms with Crippen LogP contribution in [-0.4, -0.2) is 23.0 Å². The van der Waals surface area contributed by atoms with Gasteiger partial charge in [0.05, 0.1) is 5.56 Å². The number of carbonyl (C=O) groups excluding carboxylic acids is 2. The molecule has 0 saturated heterocycles. The normalized spacial score (nSPS) is 11.4. The minimum atomic E-state index is -1.07. The number of hydrogen-bond donors (Lipinski definition) is 1. The first-order valence-corrected chi connectivity index (χ1v) is 8.90. The molecule has 0 fully saturated rings. The van der Waals surface area contributed by atoms with Gasteiger partial charge in [0.2, 0.25) is 5.89 Å². The Labute approximate surface area is 159 Å². The number of rotatable bonds is 5. The van der Waals surface area contributed by atoms with Gasteiger partial charge in [-0.25, -0.2) is 9.78 Å². The fraction of sp³-hybridized carbons (Fsp3) is 0.158. The van der Waals surface area contributed by atoms with Crippen LogP contribution in [0.3, 0.4) is 0 Å². The molecule has 0 bridgehead atoms. The van der Waals surface area contributed by atoms with Crippen LogP contribution in [-0.2, 0) is 9.53 Å². The number of carbonyl (C=O) groups is 2. The van der Waals surface area contributed by atoms with Crippen molar-refractivity contribution in [3.05, 3.63) is 58.8 Å². The van der Waals surface area contributed by atoms with E-state index >= 15 is 0 Å². The van der Waals surface area contributed by atoms with Gasteiger partial charge in [0.15, 0.2) is 11.8 Å². The Morgan fingerprint density at radius 2 is 2.04 bits per heavy atom. The van der Waals surface area contributed by atoms with Crippen LogP contribution in [0.4, 0.5) is 5.00 Å². The lowest BCUT2D eigenvalue weighted by atomic mass is 10.2. The molecule has 2 aromatic heterocycles. The molecule has 27 heavy (non-hydrogen) atoms. The van der Waals surface area contributed by atoms with Gasteiger partial charge in [-0.15, -0.1) is 11.3 Å². The highest BCUT2D eigenvalue weighted by Gasteiger charge is 2.25. The van der Waals surface area contributed by atoms with Crippen molar-refractivity contribution >= 4 is 28.2 Å². The van der Waals surface area contributed by atoms with E-state index in [-0.39, 0.29) is 5.69 Å².